The smallest absolute Gasteiger partial charge is 0.327 e. The summed E-state index contributed by atoms with van der Waals surface area (Å²) in [5, 5.41) is 2.73. The van der Waals surface area contributed by atoms with Crippen molar-refractivity contribution >= 4 is 17.8 Å². The average Bonchev–Trinajstić information content (AvgIpc) is 2.78. The van der Waals surface area contributed by atoms with Gasteiger partial charge in [-0.05, 0) is 24.5 Å². The second-order valence-corrected chi connectivity index (χ2v) is 6.46. The van der Waals surface area contributed by atoms with Crippen LogP contribution >= 0.6 is 0 Å². The van der Waals surface area contributed by atoms with E-state index in [1.807, 2.05) is 6.07 Å². The summed E-state index contributed by atoms with van der Waals surface area (Å²) in [6.45, 7) is 0.0912. The normalized spacial score (nSPS) is 19.9. The fourth-order valence-corrected chi connectivity index (χ4v) is 3.57. The summed E-state index contributed by atoms with van der Waals surface area (Å²) in [4.78, 5) is 44.0. The molecule has 128 valence electrons. The first-order valence-corrected chi connectivity index (χ1v) is 8.30. The minimum atomic E-state index is -0.737. The molecule has 2 fully saturated rings. The molecule has 1 saturated heterocycles. The Morgan fingerprint density at radius 1 is 1.29 bits per heavy atom. The van der Waals surface area contributed by atoms with Gasteiger partial charge in [-0.2, -0.15) is 0 Å². The number of rotatable bonds is 4. The maximum Gasteiger partial charge on any atom is 0.327 e. The molecular weight excluding hydrogens is 308 g/mol. The molecule has 2 heterocycles. The van der Waals surface area contributed by atoms with Crippen molar-refractivity contribution < 1.29 is 14.4 Å². The van der Waals surface area contributed by atoms with Gasteiger partial charge in [0.25, 0.3) is 5.91 Å². The third kappa shape index (κ3) is 2.86. The number of aromatic nitrogens is 1. The van der Waals surface area contributed by atoms with Gasteiger partial charge in [0.15, 0.2) is 0 Å². The van der Waals surface area contributed by atoms with Crippen molar-refractivity contribution in [2.75, 3.05) is 13.6 Å². The van der Waals surface area contributed by atoms with E-state index in [-0.39, 0.29) is 24.4 Å². The molecule has 0 radical (unpaired) electrons. The zero-order valence-corrected chi connectivity index (χ0v) is 13.8. The quantitative estimate of drug-likeness (QED) is 0.844. The third-order valence-electron chi connectivity index (χ3n) is 5.00. The first-order chi connectivity index (χ1) is 11.5. The number of imide groups is 1. The van der Waals surface area contributed by atoms with Crippen molar-refractivity contribution in [2.24, 2.45) is 0 Å². The van der Waals surface area contributed by atoms with Gasteiger partial charge in [-0.15, -0.1) is 0 Å². The number of hydrogen-bond donors (Lipinski definition) is 1. The van der Waals surface area contributed by atoms with E-state index in [0.29, 0.717) is 19.4 Å². The van der Waals surface area contributed by atoms with Crippen molar-refractivity contribution in [3.63, 3.8) is 0 Å². The first kappa shape index (κ1) is 16.4. The maximum absolute atomic E-state index is 12.8. The molecule has 24 heavy (non-hydrogen) atoms. The summed E-state index contributed by atoms with van der Waals surface area (Å²) >= 11 is 0. The number of pyridine rings is 1. The average molecular weight is 330 g/mol. The lowest BCUT2D eigenvalue weighted by Gasteiger charge is -2.35. The minimum absolute atomic E-state index is 0.230. The Labute approximate surface area is 141 Å². The molecule has 1 aliphatic carbocycles. The molecule has 1 aliphatic heterocycles. The van der Waals surface area contributed by atoms with Gasteiger partial charge < -0.3 is 10.2 Å². The molecule has 0 atom stereocenters. The third-order valence-corrected chi connectivity index (χ3v) is 5.00. The highest BCUT2D eigenvalue weighted by molar-refractivity contribution is 6.08. The SMILES string of the molecule is CN1C(=O)N(CC(=O)NCc2cccnc2)C(=O)C12CCCCC2. The van der Waals surface area contributed by atoms with Crippen LogP contribution in [0.4, 0.5) is 4.79 Å². The topological polar surface area (TPSA) is 82.6 Å². The largest absolute Gasteiger partial charge is 0.350 e. The van der Waals surface area contributed by atoms with Gasteiger partial charge in [-0.3, -0.25) is 19.5 Å². The van der Waals surface area contributed by atoms with Crippen LogP contribution in [0.3, 0.4) is 0 Å². The van der Waals surface area contributed by atoms with Gasteiger partial charge >= 0.3 is 6.03 Å². The molecule has 2 aliphatic rings. The van der Waals surface area contributed by atoms with Gasteiger partial charge in [0.05, 0.1) is 0 Å². The highest BCUT2D eigenvalue weighted by Gasteiger charge is 2.55. The van der Waals surface area contributed by atoms with Crippen LogP contribution < -0.4 is 5.32 Å². The minimum Gasteiger partial charge on any atom is -0.350 e. The molecule has 4 amide bonds. The number of amides is 4. The predicted molar refractivity (Wildman–Crippen MR) is 86.8 cm³/mol. The highest BCUT2D eigenvalue weighted by atomic mass is 16.2. The zero-order valence-electron chi connectivity index (χ0n) is 13.8. The van der Waals surface area contributed by atoms with E-state index < -0.39 is 5.54 Å². The molecule has 1 spiro atoms. The second-order valence-electron chi connectivity index (χ2n) is 6.46. The summed E-state index contributed by atoms with van der Waals surface area (Å²) in [6.07, 6.45) is 7.64. The Morgan fingerprint density at radius 2 is 2.04 bits per heavy atom. The zero-order chi connectivity index (χ0) is 17.2. The van der Waals surface area contributed by atoms with Gasteiger partial charge in [-0.1, -0.05) is 25.3 Å². The molecule has 1 saturated carbocycles. The lowest BCUT2D eigenvalue weighted by atomic mass is 9.81. The van der Waals surface area contributed by atoms with Crippen LogP contribution in [-0.4, -0.2) is 51.8 Å². The fourth-order valence-electron chi connectivity index (χ4n) is 3.57. The van der Waals surface area contributed by atoms with E-state index in [9.17, 15) is 14.4 Å². The van der Waals surface area contributed by atoms with Gasteiger partial charge in [-0.25, -0.2) is 4.79 Å². The lowest BCUT2D eigenvalue weighted by molar-refractivity contribution is -0.137. The summed E-state index contributed by atoms with van der Waals surface area (Å²) < 4.78 is 0. The molecule has 1 aromatic heterocycles. The number of carbonyl (C=O) groups excluding carboxylic acids is 3. The molecule has 0 aromatic carbocycles. The van der Waals surface area contributed by atoms with E-state index in [0.717, 1.165) is 29.7 Å². The number of hydrogen-bond acceptors (Lipinski definition) is 4. The van der Waals surface area contributed by atoms with Crippen LogP contribution in [0.5, 0.6) is 0 Å². The molecule has 7 nitrogen and oxygen atoms in total. The molecule has 0 unspecified atom stereocenters. The molecule has 7 heteroatoms. The molecule has 1 N–H and O–H groups in total. The van der Waals surface area contributed by atoms with Gasteiger partial charge in [0, 0.05) is 26.0 Å². The van der Waals surface area contributed by atoms with Crippen molar-refractivity contribution in [1.82, 2.24) is 20.1 Å². The summed E-state index contributed by atoms with van der Waals surface area (Å²) in [5.74, 6) is -0.576. The molecule has 3 rings (SSSR count). The summed E-state index contributed by atoms with van der Waals surface area (Å²) in [5.41, 5.74) is 0.129. The predicted octanol–water partition coefficient (Wildman–Crippen LogP) is 1.29. The Hall–Kier alpha value is -2.44. The van der Waals surface area contributed by atoms with E-state index >= 15 is 0 Å². The summed E-state index contributed by atoms with van der Waals surface area (Å²) in [6, 6.07) is 3.26. The number of nitrogens with one attached hydrogen (secondary N) is 1. The van der Waals surface area contributed by atoms with Crippen molar-refractivity contribution in [2.45, 2.75) is 44.2 Å². The van der Waals surface area contributed by atoms with Crippen LogP contribution in [0.15, 0.2) is 24.5 Å². The highest BCUT2D eigenvalue weighted by Crippen LogP contribution is 2.39. The molecule has 0 bridgehead atoms. The Balaban J connectivity index is 1.63. The van der Waals surface area contributed by atoms with Crippen LogP contribution in [0.1, 0.15) is 37.7 Å². The Morgan fingerprint density at radius 3 is 2.71 bits per heavy atom. The van der Waals surface area contributed by atoms with Crippen LogP contribution in [-0.2, 0) is 16.1 Å². The fraction of sp³-hybridized carbons (Fsp3) is 0.529. The first-order valence-electron chi connectivity index (χ1n) is 8.30. The van der Waals surface area contributed by atoms with E-state index in [4.69, 9.17) is 0 Å². The van der Waals surface area contributed by atoms with Crippen molar-refractivity contribution in [1.29, 1.82) is 0 Å². The van der Waals surface area contributed by atoms with Crippen LogP contribution in [0.25, 0.3) is 0 Å². The molecular formula is C17H22N4O3. The van der Waals surface area contributed by atoms with E-state index in [1.54, 1.807) is 25.5 Å². The van der Waals surface area contributed by atoms with Gasteiger partial charge in [0.2, 0.25) is 5.91 Å². The van der Waals surface area contributed by atoms with Crippen LogP contribution in [0.2, 0.25) is 0 Å². The van der Waals surface area contributed by atoms with E-state index in [1.165, 1.54) is 4.90 Å². The number of nitrogens with zero attached hydrogens (tertiary/aromatic N) is 3. The molecule has 1 aromatic rings. The van der Waals surface area contributed by atoms with Crippen LogP contribution in [0, 0.1) is 0 Å². The number of likely N-dealkylation sites (N-methyl/N-ethyl adjacent to an activating group) is 1. The number of carbonyl (C=O) groups is 3. The van der Waals surface area contributed by atoms with Crippen molar-refractivity contribution in [3.05, 3.63) is 30.1 Å². The lowest BCUT2D eigenvalue weighted by Crippen LogP contribution is -2.49. The second kappa shape index (κ2) is 6.59. The maximum atomic E-state index is 12.8. The number of urea groups is 1. The Kier molecular flexibility index (Phi) is 4.51. The van der Waals surface area contributed by atoms with Crippen molar-refractivity contribution in [3.8, 4) is 0 Å². The Bertz CT molecular complexity index is 640. The van der Waals surface area contributed by atoms with Gasteiger partial charge in [0.1, 0.15) is 12.1 Å². The monoisotopic (exact) mass is 330 g/mol. The summed E-state index contributed by atoms with van der Waals surface area (Å²) in [7, 11) is 1.67. The standard InChI is InChI=1S/C17H22N4O3/c1-20-16(24)21(15(23)17(20)7-3-2-4-8-17)12-14(22)19-11-13-6-5-9-18-10-13/h5-6,9-10H,2-4,7-8,11-12H2,1H3,(H,19,22). The van der Waals surface area contributed by atoms with E-state index in [2.05, 4.69) is 10.3 Å².